The molecule has 11 heteroatoms. The number of imidazole rings is 1. The topological polar surface area (TPSA) is 177 Å². The van der Waals surface area contributed by atoms with E-state index in [1.54, 1.807) is 4.57 Å². The molecule has 3 heterocycles. The molecule has 2 aromatic rings. The van der Waals surface area contributed by atoms with Crippen molar-refractivity contribution in [3.05, 3.63) is 12.7 Å². The van der Waals surface area contributed by atoms with Gasteiger partial charge in [-0.1, -0.05) is 0 Å². The minimum atomic E-state index is -1.16. The van der Waals surface area contributed by atoms with Crippen LogP contribution in [-0.4, -0.2) is 77.0 Å². The molecule has 124 valence electrons. The second kappa shape index (κ2) is 7.28. The number of hydrogen-bond donors (Lipinski definition) is 3. The first-order valence-corrected chi connectivity index (χ1v) is 7.23. The highest BCUT2D eigenvalue weighted by Gasteiger charge is 2.43. The van der Waals surface area contributed by atoms with Gasteiger partial charge in [-0.15, -0.1) is 11.8 Å². The smallest absolute Gasteiger partial charge is 0.166 e. The van der Waals surface area contributed by atoms with Crippen molar-refractivity contribution < 1.29 is 31.0 Å². The molecule has 0 unspecified atom stereocenters. The molecule has 0 radical (unpaired) electrons. The van der Waals surface area contributed by atoms with E-state index in [1.165, 1.54) is 24.4 Å². The van der Waals surface area contributed by atoms with E-state index >= 15 is 0 Å². The highest BCUT2D eigenvalue weighted by atomic mass is 32.2. The average molecular weight is 334 g/mol. The van der Waals surface area contributed by atoms with Crippen molar-refractivity contribution in [2.45, 2.75) is 29.6 Å². The van der Waals surface area contributed by atoms with E-state index in [-0.39, 0.29) is 17.6 Å². The summed E-state index contributed by atoms with van der Waals surface area (Å²) < 4.78 is 7.01. The summed E-state index contributed by atoms with van der Waals surface area (Å²) in [4.78, 5) is 12.5. The minimum Gasteiger partial charge on any atom is -0.412 e. The summed E-state index contributed by atoms with van der Waals surface area (Å²) in [5.41, 5.74) is 1.12. The van der Waals surface area contributed by atoms with Gasteiger partial charge in [0, 0.05) is 0 Å². The van der Waals surface area contributed by atoms with Crippen LogP contribution in [0.15, 0.2) is 17.7 Å². The summed E-state index contributed by atoms with van der Waals surface area (Å²) in [6.45, 7) is -0.369. The average Bonchev–Trinajstić information content (AvgIpc) is 3.01. The molecule has 7 N–H and O–H groups in total. The number of hydrogen-bond acceptors (Lipinski definition) is 8. The van der Waals surface area contributed by atoms with Gasteiger partial charge in [-0.25, -0.2) is 15.0 Å². The largest absolute Gasteiger partial charge is 0.412 e. The number of fused-ring (bicyclic) bond motifs is 1. The van der Waals surface area contributed by atoms with Gasteiger partial charge in [0.2, 0.25) is 0 Å². The molecule has 3 rings (SSSR count). The van der Waals surface area contributed by atoms with Gasteiger partial charge in [-0.2, -0.15) is 0 Å². The van der Waals surface area contributed by atoms with Crippen molar-refractivity contribution in [1.82, 2.24) is 19.5 Å². The lowest BCUT2D eigenvalue weighted by atomic mass is 10.1. The van der Waals surface area contributed by atoms with E-state index in [2.05, 4.69) is 15.0 Å². The van der Waals surface area contributed by atoms with Gasteiger partial charge in [0.05, 0.1) is 12.9 Å². The fourth-order valence-corrected chi connectivity index (χ4v) is 2.77. The van der Waals surface area contributed by atoms with Crippen LogP contribution in [0.25, 0.3) is 11.2 Å². The highest BCUT2D eigenvalue weighted by molar-refractivity contribution is 7.98. The van der Waals surface area contributed by atoms with E-state index in [9.17, 15) is 10.2 Å². The normalized spacial score (nSPS) is 27.5. The molecule has 0 aliphatic carbocycles. The second-order valence-electron chi connectivity index (χ2n) is 4.44. The number of aliphatic hydroxyl groups excluding tert-OH is 3. The number of aromatic nitrogens is 4. The Morgan fingerprint density at radius 1 is 1.23 bits per heavy atom. The molecule has 0 spiro atoms. The first-order valence-electron chi connectivity index (χ1n) is 6.01. The maximum atomic E-state index is 10.0. The zero-order valence-corrected chi connectivity index (χ0v) is 12.4. The van der Waals surface area contributed by atoms with Gasteiger partial charge in [0.15, 0.2) is 11.9 Å². The molecule has 0 aromatic carbocycles. The molecule has 1 aliphatic heterocycles. The third-order valence-corrected chi connectivity index (χ3v) is 4.00. The van der Waals surface area contributed by atoms with Crippen LogP contribution >= 0.6 is 11.8 Å². The SMILES string of the molecule is CSc1ncnc2c1ncn2[C@@H]1O[C@H](CO)[C@@H](O)[C@H]1O.O.O. The molecule has 4 atom stereocenters. The fraction of sp³-hybridized carbons (Fsp3) is 0.545. The van der Waals surface area contributed by atoms with Gasteiger partial charge in [0.1, 0.15) is 35.2 Å². The molecule has 10 nitrogen and oxygen atoms in total. The van der Waals surface area contributed by atoms with Crippen LogP contribution in [0.2, 0.25) is 0 Å². The predicted molar refractivity (Wildman–Crippen MR) is 77.3 cm³/mol. The zero-order valence-electron chi connectivity index (χ0n) is 11.6. The third-order valence-electron chi connectivity index (χ3n) is 3.31. The standard InChI is InChI=1S/C11H14N4O4S.2H2O/c1-20-10-6-9(12-3-13-10)15(4-14-6)11-8(18)7(17)5(2-16)19-11;;/h3-5,7-8,11,16-18H,2H2,1H3;2*1H2/t5-,7-,8-,11-;;/m1../s1. The van der Waals surface area contributed by atoms with Crippen LogP contribution in [0.5, 0.6) is 0 Å². The Morgan fingerprint density at radius 2 is 1.95 bits per heavy atom. The van der Waals surface area contributed by atoms with E-state index in [0.29, 0.717) is 11.2 Å². The summed E-state index contributed by atoms with van der Waals surface area (Å²) in [5, 5.41) is 29.7. The predicted octanol–water partition coefficient (Wildman–Crippen LogP) is -2.49. The van der Waals surface area contributed by atoms with Gasteiger partial charge in [-0.05, 0) is 6.26 Å². The minimum absolute atomic E-state index is 0. The quantitative estimate of drug-likeness (QED) is 0.407. The van der Waals surface area contributed by atoms with Crippen LogP contribution < -0.4 is 0 Å². The molecular formula is C11H18N4O6S. The Hall–Kier alpha value is -1.34. The van der Waals surface area contributed by atoms with Gasteiger partial charge >= 0.3 is 0 Å². The van der Waals surface area contributed by atoms with Crippen molar-refractivity contribution in [2.24, 2.45) is 0 Å². The maximum Gasteiger partial charge on any atom is 0.166 e. The molecule has 2 aromatic heterocycles. The van der Waals surface area contributed by atoms with E-state index in [1.807, 2.05) is 6.26 Å². The monoisotopic (exact) mass is 334 g/mol. The number of thioether (sulfide) groups is 1. The summed E-state index contributed by atoms with van der Waals surface area (Å²) in [6, 6.07) is 0. The Balaban J connectivity index is 0.00000121. The summed E-state index contributed by atoms with van der Waals surface area (Å²) in [6.07, 6.45) is 0.813. The molecule has 1 saturated heterocycles. The van der Waals surface area contributed by atoms with Crippen LogP contribution in [-0.2, 0) is 4.74 Å². The molecule has 0 saturated carbocycles. The molecule has 1 fully saturated rings. The van der Waals surface area contributed by atoms with Gasteiger partial charge in [-0.3, -0.25) is 4.57 Å². The Kier molecular flexibility index (Phi) is 6.19. The van der Waals surface area contributed by atoms with E-state index in [4.69, 9.17) is 9.84 Å². The highest BCUT2D eigenvalue weighted by Crippen LogP contribution is 2.32. The molecule has 22 heavy (non-hydrogen) atoms. The Bertz CT molecular complexity index is 626. The lowest BCUT2D eigenvalue weighted by Crippen LogP contribution is -2.33. The van der Waals surface area contributed by atoms with Crippen molar-refractivity contribution >= 4 is 22.9 Å². The zero-order chi connectivity index (χ0) is 14.3. The lowest BCUT2D eigenvalue weighted by Gasteiger charge is -2.16. The number of nitrogens with zero attached hydrogens (tertiary/aromatic N) is 4. The Labute approximate surface area is 129 Å². The molecule has 1 aliphatic rings. The van der Waals surface area contributed by atoms with Gasteiger partial charge < -0.3 is 31.0 Å². The van der Waals surface area contributed by atoms with Gasteiger partial charge in [0.25, 0.3) is 0 Å². The first-order chi connectivity index (χ1) is 9.67. The second-order valence-corrected chi connectivity index (χ2v) is 5.23. The number of rotatable bonds is 3. The first kappa shape index (κ1) is 18.7. The van der Waals surface area contributed by atoms with E-state index < -0.39 is 24.5 Å². The van der Waals surface area contributed by atoms with E-state index in [0.717, 1.165) is 5.03 Å². The van der Waals surface area contributed by atoms with Crippen LogP contribution in [0, 0.1) is 0 Å². The Morgan fingerprint density at radius 3 is 2.55 bits per heavy atom. The summed E-state index contributed by atoms with van der Waals surface area (Å²) in [7, 11) is 0. The lowest BCUT2D eigenvalue weighted by molar-refractivity contribution is -0.0511. The van der Waals surface area contributed by atoms with Crippen molar-refractivity contribution in [1.29, 1.82) is 0 Å². The maximum absolute atomic E-state index is 10.0. The van der Waals surface area contributed by atoms with Crippen LogP contribution in [0.4, 0.5) is 0 Å². The molecule has 0 bridgehead atoms. The van der Waals surface area contributed by atoms with Crippen molar-refractivity contribution in [2.75, 3.05) is 12.9 Å². The van der Waals surface area contributed by atoms with Crippen molar-refractivity contribution in [3.8, 4) is 0 Å². The van der Waals surface area contributed by atoms with Crippen molar-refractivity contribution in [3.63, 3.8) is 0 Å². The van der Waals surface area contributed by atoms with Crippen LogP contribution in [0.3, 0.4) is 0 Å². The summed E-state index contributed by atoms with van der Waals surface area (Å²) in [5.74, 6) is 0. The fourth-order valence-electron chi connectivity index (χ4n) is 2.28. The number of ether oxygens (including phenoxy) is 1. The van der Waals surface area contributed by atoms with Crippen LogP contribution in [0.1, 0.15) is 6.23 Å². The molecular weight excluding hydrogens is 316 g/mol. The molecule has 0 amide bonds. The third kappa shape index (κ3) is 2.79. The summed E-state index contributed by atoms with van der Waals surface area (Å²) >= 11 is 1.44. The number of aliphatic hydroxyl groups is 3.